The number of aryl methyl sites for hydroxylation is 1. The van der Waals surface area contributed by atoms with Gasteiger partial charge in [-0.15, -0.1) is 10.2 Å². The zero-order valence-corrected chi connectivity index (χ0v) is 23.4. The lowest BCUT2D eigenvalue weighted by Crippen LogP contribution is -2.30. The predicted molar refractivity (Wildman–Crippen MR) is 146 cm³/mol. The van der Waals surface area contributed by atoms with Crippen molar-refractivity contribution in [2.45, 2.75) is 31.0 Å². The first kappa shape index (κ1) is 27.1. The van der Waals surface area contributed by atoms with Crippen LogP contribution in [-0.4, -0.2) is 74.7 Å². The van der Waals surface area contributed by atoms with Gasteiger partial charge in [-0.05, 0) is 37.6 Å². The predicted octanol–water partition coefficient (Wildman–Crippen LogP) is 3.01. The summed E-state index contributed by atoms with van der Waals surface area (Å²) in [5.41, 5.74) is 2.87. The summed E-state index contributed by atoms with van der Waals surface area (Å²) in [6, 6.07) is 7.01. The molecule has 0 aliphatic rings. The second kappa shape index (κ2) is 11.0. The molecule has 1 N–H and O–H groups in total. The minimum Gasteiger partial charge on any atom is -0.494 e. The Kier molecular flexibility index (Phi) is 7.45. The fourth-order valence-electron chi connectivity index (χ4n) is 4.36. The number of para-hydroxylation sites is 1. The quantitative estimate of drug-likeness (QED) is 0.265. The van der Waals surface area contributed by atoms with E-state index >= 15 is 0 Å². The van der Waals surface area contributed by atoms with Gasteiger partial charge in [-0.3, -0.25) is 4.57 Å². The zero-order chi connectivity index (χ0) is 28.4. The lowest BCUT2D eigenvalue weighted by atomic mass is 10.2. The molecule has 1 aromatic carbocycles. The minimum absolute atomic E-state index is 0.125. The van der Waals surface area contributed by atoms with Crippen molar-refractivity contribution in [1.29, 1.82) is 0 Å². The summed E-state index contributed by atoms with van der Waals surface area (Å²) in [4.78, 5) is 20.6. The topological polar surface area (TPSA) is 160 Å². The third-order valence-electron chi connectivity index (χ3n) is 6.48. The van der Waals surface area contributed by atoms with E-state index in [0.717, 1.165) is 5.56 Å². The molecule has 40 heavy (non-hydrogen) atoms. The molecular formula is C26H28N8O5S. The van der Waals surface area contributed by atoms with Crippen LogP contribution in [0.3, 0.4) is 0 Å². The molecule has 4 aromatic heterocycles. The number of fused-ring (bicyclic) bond motifs is 1. The molecule has 2 atom stereocenters. The highest BCUT2D eigenvalue weighted by molar-refractivity contribution is 7.91. The number of H-pyrrole nitrogens is 1. The van der Waals surface area contributed by atoms with Crippen LogP contribution in [-0.2, 0) is 20.3 Å². The maximum absolute atomic E-state index is 13.8. The first-order valence-corrected chi connectivity index (χ1v) is 14.0. The van der Waals surface area contributed by atoms with E-state index in [4.69, 9.17) is 14.2 Å². The standard InChI is InChI=1S/C26H28N8O5S/c1-15-11-28-25(29-12-15)23(39-5)16(2)40(35,36)14-21-32-33-26(18-13-30-24-17(31-18)9-10-27-24)34(21)22-19(37-3)7-6-8-20(22)38-4/h6-13,16,23H,14H2,1-5H3,(H,27,30)/t16-,23-/m0/s1. The molecule has 0 saturated carbocycles. The van der Waals surface area contributed by atoms with E-state index in [1.165, 1.54) is 27.5 Å². The Bertz CT molecular complexity index is 1730. The van der Waals surface area contributed by atoms with Crippen molar-refractivity contribution in [2.24, 2.45) is 0 Å². The molecule has 0 bridgehead atoms. The Morgan fingerprint density at radius 3 is 2.33 bits per heavy atom. The number of nitrogens with one attached hydrogen (secondary N) is 1. The van der Waals surface area contributed by atoms with Gasteiger partial charge in [-0.25, -0.2) is 28.4 Å². The van der Waals surface area contributed by atoms with Crippen LogP contribution < -0.4 is 9.47 Å². The van der Waals surface area contributed by atoms with E-state index in [2.05, 4.69) is 35.1 Å². The third kappa shape index (κ3) is 4.98. The number of nitrogens with zero attached hydrogens (tertiary/aromatic N) is 7. The summed E-state index contributed by atoms with van der Waals surface area (Å²) < 4.78 is 46.0. The lowest BCUT2D eigenvalue weighted by molar-refractivity contribution is 0.0947. The molecule has 0 saturated heterocycles. The first-order chi connectivity index (χ1) is 19.3. The van der Waals surface area contributed by atoms with Crippen LogP contribution in [0.2, 0.25) is 0 Å². The van der Waals surface area contributed by atoms with Gasteiger partial charge in [-0.2, -0.15) is 0 Å². The number of hydrogen-bond donors (Lipinski definition) is 1. The second-order valence-corrected chi connectivity index (χ2v) is 11.4. The van der Waals surface area contributed by atoms with Gasteiger partial charge in [0.25, 0.3) is 0 Å². The molecule has 13 nitrogen and oxygen atoms in total. The van der Waals surface area contributed by atoms with Crippen molar-refractivity contribution >= 4 is 21.0 Å². The number of benzene rings is 1. The zero-order valence-electron chi connectivity index (χ0n) is 22.6. The average Bonchev–Trinajstić information content (AvgIpc) is 3.60. The smallest absolute Gasteiger partial charge is 0.189 e. The van der Waals surface area contributed by atoms with Crippen molar-refractivity contribution in [2.75, 3.05) is 21.3 Å². The molecule has 0 amide bonds. The molecule has 0 spiro atoms. The van der Waals surface area contributed by atoms with E-state index in [9.17, 15) is 8.42 Å². The van der Waals surface area contributed by atoms with Gasteiger partial charge in [0.05, 0.1) is 25.7 Å². The van der Waals surface area contributed by atoms with E-state index < -0.39 is 26.9 Å². The molecule has 0 aliphatic carbocycles. The van der Waals surface area contributed by atoms with Crippen LogP contribution in [0, 0.1) is 6.92 Å². The largest absolute Gasteiger partial charge is 0.494 e. The van der Waals surface area contributed by atoms with E-state index in [1.807, 2.05) is 6.92 Å². The Morgan fingerprint density at radius 2 is 1.68 bits per heavy atom. The highest BCUT2D eigenvalue weighted by Gasteiger charge is 2.35. The van der Waals surface area contributed by atoms with Crippen molar-refractivity contribution in [1.82, 2.24) is 39.7 Å². The summed E-state index contributed by atoms with van der Waals surface area (Å²) in [5, 5.41) is 7.64. The molecule has 0 fully saturated rings. The normalized spacial score (nSPS) is 13.3. The van der Waals surface area contributed by atoms with E-state index in [1.54, 1.807) is 54.3 Å². The van der Waals surface area contributed by atoms with Crippen LogP contribution in [0.1, 0.15) is 30.2 Å². The van der Waals surface area contributed by atoms with Crippen molar-refractivity contribution in [3.63, 3.8) is 0 Å². The highest BCUT2D eigenvalue weighted by atomic mass is 32.2. The first-order valence-electron chi connectivity index (χ1n) is 12.3. The van der Waals surface area contributed by atoms with Gasteiger partial charge < -0.3 is 19.2 Å². The number of sulfone groups is 1. The average molecular weight is 565 g/mol. The van der Waals surface area contributed by atoms with Crippen LogP contribution in [0.15, 0.2) is 49.1 Å². The number of hydrogen-bond acceptors (Lipinski definition) is 11. The molecule has 5 rings (SSSR count). The van der Waals surface area contributed by atoms with Gasteiger partial charge in [0, 0.05) is 25.7 Å². The molecule has 14 heteroatoms. The summed E-state index contributed by atoms with van der Waals surface area (Å²) in [5.74, 6) is 1.03. The Hall–Kier alpha value is -4.43. The van der Waals surface area contributed by atoms with Crippen LogP contribution in [0.5, 0.6) is 11.5 Å². The summed E-state index contributed by atoms with van der Waals surface area (Å²) in [6.07, 6.45) is 5.60. The number of ether oxygens (including phenoxy) is 3. The SMILES string of the molecule is COc1cccc(OC)c1-n1c(CS(=O)(=O)[C@@H](C)[C@H](OC)c2ncc(C)cn2)nnc1-c1cnc2[nH]ccc2n1. The summed E-state index contributed by atoms with van der Waals surface area (Å²) >= 11 is 0. The number of methoxy groups -OCH3 is 3. The number of aromatic nitrogens is 8. The van der Waals surface area contributed by atoms with Gasteiger partial charge in [0.15, 0.2) is 33.0 Å². The van der Waals surface area contributed by atoms with Crippen molar-refractivity contribution in [3.05, 3.63) is 66.3 Å². The Balaban J connectivity index is 1.64. The highest BCUT2D eigenvalue weighted by Crippen LogP contribution is 2.37. The van der Waals surface area contributed by atoms with Crippen LogP contribution >= 0.6 is 0 Å². The minimum atomic E-state index is -3.90. The third-order valence-corrected chi connectivity index (χ3v) is 8.52. The second-order valence-electron chi connectivity index (χ2n) is 9.04. The van der Waals surface area contributed by atoms with E-state index in [-0.39, 0.29) is 17.5 Å². The lowest BCUT2D eigenvalue weighted by Gasteiger charge is -2.22. The molecule has 208 valence electrons. The molecular weight excluding hydrogens is 536 g/mol. The molecule has 5 aromatic rings. The summed E-state index contributed by atoms with van der Waals surface area (Å²) in [7, 11) is 0.551. The van der Waals surface area contributed by atoms with Crippen LogP contribution in [0.25, 0.3) is 28.4 Å². The Morgan fingerprint density at radius 1 is 0.975 bits per heavy atom. The fourth-order valence-corrected chi connectivity index (χ4v) is 5.78. The van der Waals surface area contributed by atoms with Crippen molar-refractivity contribution in [3.8, 4) is 28.7 Å². The molecule has 0 unspecified atom stereocenters. The van der Waals surface area contributed by atoms with Gasteiger partial charge in [0.1, 0.15) is 40.3 Å². The van der Waals surface area contributed by atoms with E-state index in [0.29, 0.717) is 34.0 Å². The number of rotatable bonds is 10. The van der Waals surface area contributed by atoms with Gasteiger partial charge in [0.2, 0.25) is 0 Å². The maximum atomic E-state index is 13.8. The van der Waals surface area contributed by atoms with Gasteiger partial charge in [-0.1, -0.05) is 6.07 Å². The van der Waals surface area contributed by atoms with Crippen molar-refractivity contribution < 1.29 is 22.6 Å². The van der Waals surface area contributed by atoms with Gasteiger partial charge >= 0.3 is 0 Å². The monoisotopic (exact) mass is 564 g/mol. The molecule has 0 radical (unpaired) electrons. The number of aromatic amines is 1. The molecule has 0 aliphatic heterocycles. The van der Waals surface area contributed by atoms with Crippen LogP contribution in [0.4, 0.5) is 0 Å². The maximum Gasteiger partial charge on any atom is 0.189 e. The Labute approximate surface area is 230 Å². The summed E-state index contributed by atoms with van der Waals surface area (Å²) in [6.45, 7) is 3.41. The molecule has 4 heterocycles. The fraction of sp³-hybridized carbons (Fsp3) is 0.308.